The van der Waals surface area contributed by atoms with Gasteiger partial charge in [-0.3, -0.25) is 4.79 Å². The fourth-order valence-electron chi connectivity index (χ4n) is 1.73. The third-order valence-corrected chi connectivity index (χ3v) is 3.61. The predicted octanol–water partition coefficient (Wildman–Crippen LogP) is 4.07. The Labute approximate surface area is 131 Å². The molecule has 0 heterocycles. The molecule has 0 saturated carbocycles. The number of ether oxygens (including phenoxy) is 1. The zero-order chi connectivity index (χ0) is 15.4. The van der Waals surface area contributed by atoms with Crippen molar-refractivity contribution in [3.8, 4) is 5.75 Å². The molecule has 0 aromatic heterocycles. The van der Waals surface area contributed by atoms with Crippen LogP contribution in [0.1, 0.15) is 15.9 Å². The maximum Gasteiger partial charge on any atom is 0.251 e. The standard InChI is InChI=1S/C15H12Cl2FNO2/c1-21-11-3-5-14(18)10(6-11)8-19-15(20)9-2-4-12(16)13(17)7-9/h2-7H,8H2,1H3,(H,19,20). The molecule has 2 aromatic rings. The number of benzene rings is 2. The van der Waals surface area contributed by atoms with Gasteiger partial charge in [0.1, 0.15) is 11.6 Å². The van der Waals surface area contributed by atoms with Crippen LogP contribution in [-0.4, -0.2) is 13.0 Å². The number of carbonyl (C=O) groups excluding carboxylic acids is 1. The SMILES string of the molecule is COc1ccc(F)c(CNC(=O)c2ccc(Cl)c(Cl)c2)c1. The first-order chi connectivity index (χ1) is 10.0. The fourth-order valence-corrected chi connectivity index (χ4v) is 2.03. The quantitative estimate of drug-likeness (QED) is 0.919. The van der Waals surface area contributed by atoms with Crippen LogP contribution in [0.3, 0.4) is 0 Å². The first kappa shape index (κ1) is 15.6. The van der Waals surface area contributed by atoms with Gasteiger partial charge in [-0.05, 0) is 36.4 Å². The lowest BCUT2D eigenvalue weighted by molar-refractivity contribution is 0.0950. The molecule has 0 atom stereocenters. The molecule has 110 valence electrons. The van der Waals surface area contributed by atoms with Gasteiger partial charge in [0.05, 0.1) is 17.2 Å². The second-order valence-electron chi connectivity index (χ2n) is 4.27. The van der Waals surface area contributed by atoms with E-state index in [2.05, 4.69) is 5.32 Å². The first-order valence-corrected chi connectivity index (χ1v) is 6.82. The van der Waals surface area contributed by atoms with E-state index in [1.165, 1.54) is 37.4 Å². The Morgan fingerprint density at radius 1 is 1.19 bits per heavy atom. The van der Waals surface area contributed by atoms with E-state index in [1.807, 2.05) is 0 Å². The fraction of sp³-hybridized carbons (Fsp3) is 0.133. The average molecular weight is 328 g/mol. The summed E-state index contributed by atoms with van der Waals surface area (Å²) in [6.45, 7) is 0.0438. The molecule has 0 spiro atoms. The van der Waals surface area contributed by atoms with Crippen LogP contribution in [0.2, 0.25) is 10.0 Å². The monoisotopic (exact) mass is 327 g/mol. The number of halogens is 3. The van der Waals surface area contributed by atoms with E-state index in [9.17, 15) is 9.18 Å². The van der Waals surface area contributed by atoms with Crippen molar-refractivity contribution in [1.82, 2.24) is 5.32 Å². The summed E-state index contributed by atoms with van der Waals surface area (Å²) in [5, 5.41) is 3.27. The van der Waals surface area contributed by atoms with Crippen LogP contribution in [0, 0.1) is 5.82 Å². The number of nitrogens with one attached hydrogen (secondary N) is 1. The summed E-state index contributed by atoms with van der Waals surface area (Å²) >= 11 is 11.6. The van der Waals surface area contributed by atoms with Crippen LogP contribution in [0.5, 0.6) is 5.75 Å². The second kappa shape index (κ2) is 6.78. The minimum Gasteiger partial charge on any atom is -0.497 e. The molecule has 1 amide bonds. The highest BCUT2D eigenvalue weighted by Crippen LogP contribution is 2.22. The smallest absolute Gasteiger partial charge is 0.251 e. The number of hydrogen-bond acceptors (Lipinski definition) is 2. The topological polar surface area (TPSA) is 38.3 Å². The zero-order valence-electron chi connectivity index (χ0n) is 11.1. The summed E-state index contributed by atoms with van der Waals surface area (Å²) in [5.41, 5.74) is 0.690. The molecule has 0 aliphatic heterocycles. The molecule has 2 aromatic carbocycles. The Bertz CT molecular complexity index is 677. The van der Waals surface area contributed by atoms with E-state index < -0.39 is 5.82 Å². The lowest BCUT2D eigenvalue weighted by Gasteiger charge is -2.08. The van der Waals surface area contributed by atoms with Crippen LogP contribution in [0.4, 0.5) is 4.39 Å². The van der Waals surface area contributed by atoms with Gasteiger partial charge < -0.3 is 10.1 Å². The molecule has 0 saturated heterocycles. The van der Waals surface area contributed by atoms with E-state index >= 15 is 0 Å². The van der Waals surface area contributed by atoms with Crippen molar-refractivity contribution < 1.29 is 13.9 Å². The Morgan fingerprint density at radius 3 is 2.62 bits per heavy atom. The molecule has 0 aliphatic carbocycles. The van der Waals surface area contributed by atoms with Crippen molar-refractivity contribution in [2.75, 3.05) is 7.11 Å². The van der Waals surface area contributed by atoms with Crippen LogP contribution in [0.15, 0.2) is 36.4 Å². The third kappa shape index (κ3) is 3.86. The van der Waals surface area contributed by atoms with Gasteiger partial charge in [-0.15, -0.1) is 0 Å². The molecule has 0 fully saturated rings. The molecule has 1 N–H and O–H groups in total. The summed E-state index contributed by atoms with van der Waals surface area (Å²) in [6.07, 6.45) is 0. The Balaban J connectivity index is 2.08. The van der Waals surface area contributed by atoms with Crippen LogP contribution in [-0.2, 0) is 6.54 Å². The van der Waals surface area contributed by atoms with Gasteiger partial charge in [-0.1, -0.05) is 23.2 Å². The highest BCUT2D eigenvalue weighted by atomic mass is 35.5. The van der Waals surface area contributed by atoms with Crippen molar-refractivity contribution in [2.24, 2.45) is 0 Å². The highest BCUT2D eigenvalue weighted by Gasteiger charge is 2.10. The Hall–Kier alpha value is -1.78. The average Bonchev–Trinajstić information content (AvgIpc) is 2.49. The van der Waals surface area contributed by atoms with E-state index in [-0.39, 0.29) is 17.5 Å². The number of carbonyl (C=O) groups is 1. The largest absolute Gasteiger partial charge is 0.497 e. The Morgan fingerprint density at radius 2 is 1.95 bits per heavy atom. The van der Waals surface area contributed by atoms with E-state index in [0.29, 0.717) is 21.9 Å². The molecular formula is C15H12Cl2FNO2. The predicted molar refractivity (Wildman–Crippen MR) is 80.6 cm³/mol. The van der Waals surface area contributed by atoms with Crippen molar-refractivity contribution >= 4 is 29.1 Å². The van der Waals surface area contributed by atoms with E-state index in [0.717, 1.165) is 0 Å². The highest BCUT2D eigenvalue weighted by molar-refractivity contribution is 6.42. The van der Waals surface area contributed by atoms with Gasteiger partial charge in [-0.2, -0.15) is 0 Å². The molecule has 3 nitrogen and oxygen atoms in total. The zero-order valence-corrected chi connectivity index (χ0v) is 12.6. The van der Waals surface area contributed by atoms with Crippen LogP contribution in [0.25, 0.3) is 0 Å². The summed E-state index contributed by atoms with van der Waals surface area (Å²) in [7, 11) is 1.49. The summed E-state index contributed by atoms with van der Waals surface area (Å²) in [6, 6.07) is 8.88. The Kier molecular flexibility index (Phi) is 5.04. The summed E-state index contributed by atoms with van der Waals surface area (Å²) < 4.78 is 18.6. The van der Waals surface area contributed by atoms with E-state index in [4.69, 9.17) is 27.9 Å². The van der Waals surface area contributed by atoms with Gasteiger partial charge >= 0.3 is 0 Å². The van der Waals surface area contributed by atoms with Gasteiger partial charge in [0.25, 0.3) is 5.91 Å². The van der Waals surface area contributed by atoms with Crippen LogP contribution < -0.4 is 10.1 Å². The van der Waals surface area contributed by atoms with Gasteiger partial charge in [0.2, 0.25) is 0 Å². The van der Waals surface area contributed by atoms with Crippen molar-refractivity contribution in [1.29, 1.82) is 0 Å². The number of hydrogen-bond donors (Lipinski definition) is 1. The van der Waals surface area contributed by atoms with Gasteiger partial charge in [-0.25, -0.2) is 4.39 Å². The van der Waals surface area contributed by atoms with Crippen molar-refractivity contribution in [2.45, 2.75) is 6.54 Å². The molecule has 0 unspecified atom stereocenters. The molecule has 0 aliphatic rings. The first-order valence-electron chi connectivity index (χ1n) is 6.07. The molecular weight excluding hydrogens is 316 g/mol. The number of amides is 1. The minimum atomic E-state index is -0.412. The third-order valence-electron chi connectivity index (χ3n) is 2.87. The molecule has 0 radical (unpaired) electrons. The van der Waals surface area contributed by atoms with Crippen LogP contribution >= 0.6 is 23.2 Å². The van der Waals surface area contributed by atoms with Gasteiger partial charge in [0, 0.05) is 17.7 Å². The minimum absolute atomic E-state index is 0.0438. The lowest BCUT2D eigenvalue weighted by atomic mass is 10.1. The number of methoxy groups -OCH3 is 1. The van der Waals surface area contributed by atoms with Crippen molar-refractivity contribution in [3.63, 3.8) is 0 Å². The van der Waals surface area contributed by atoms with Crippen molar-refractivity contribution in [3.05, 3.63) is 63.4 Å². The molecule has 0 bridgehead atoms. The van der Waals surface area contributed by atoms with E-state index in [1.54, 1.807) is 6.07 Å². The molecule has 21 heavy (non-hydrogen) atoms. The van der Waals surface area contributed by atoms with Gasteiger partial charge in [0.15, 0.2) is 0 Å². The molecule has 2 rings (SSSR count). The molecule has 6 heteroatoms. The summed E-state index contributed by atoms with van der Waals surface area (Å²) in [5.74, 6) is -0.254. The second-order valence-corrected chi connectivity index (χ2v) is 5.08. The normalized spacial score (nSPS) is 10.3. The number of rotatable bonds is 4. The lowest BCUT2D eigenvalue weighted by Crippen LogP contribution is -2.23. The summed E-state index contributed by atoms with van der Waals surface area (Å²) in [4.78, 5) is 12.0. The maximum atomic E-state index is 13.6. The maximum absolute atomic E-state index is 13.6.